The van der Waals surface area contributed by atoms with Crippen molar-refractivity contribution < 1.29 is 13.2 Å². The molecule has 3 N–H and O–H groups in total. The molecule has 0 heterocycles. The van der Waals surface area contributed by atoms with Crippen molar-refractivity contribution in [2.24, 2.45) is 5.14 Å². The number of benzene rings is 1. The second kappa shape index (κ2) is 5.40. The summed E-state index contributed by atoms with van der Waals surface area (Å²) in [5, 5.41) is 7.55. The lowest BCUT2D eigenvalue weighted by Crippen LogP contribution is -2.31. The highest BCUT2D eigenvalue weighted by molar-refractivity contribution is 7.89. The molecule has 0 fully saturated rings. The Labute approximate surface area is 110 Å². The van der Waals surface area contributed by atoms with Gasteiger partial charge in [0.05, 0.1) is 10.9 Å². The van der Waals surface area contributed by atoms with Crippen LogP contribution in [-0.2, 0) is 10.0 Å². The SMILES string of the molecule is C#CC(C)NC(=O)c1cc(Cl)cc(S(N)(=O)=O)c1. The van der Waals surface area contributed by atoms with Crippen molar-refractivity contribution in [2.75, 3.05) is 0 Å². The van der Waals surface area contributed by atoms with Crippen molar-refractivity contribution >= 4 is 27.5 Å². The fourth-order valence-electron chi connectivity index (χ4n) is 1.18. The summed E-state index contributed by atoms with van der Waals surface area (Å²) >= 11 is 5.73. The molecule has 0 bridgehead atoms. The number of amides is 1. The second-order valence-corrected chi connectivity index (χ2v) is 5.58. The predicted molar refractivity (Wildman–Crippen MR) is 68.6 cm³/mol. The fraction of sp³-hybridized carbons (Fsp3) is 0.182. The van der Waals surface area contributed by atoms with E-state index in [1.807, 2.05) is 0 Å². The summed E-state index contributed by atoms with van der Waals surface area (Å²) in [5.41, 5.74) is 0.0774. The first-order valence-electron chi connectivity index (χ1n) is 4.84. The Balaban J connectivity index is 3.16. The van der Waals surface area contributed by atoms with Gasteiger partial charge in [0.1, 0.15) is 0 Å². The first-order valence-corrected chi connectivity index (χ1v) is 6.77. The molecule has 1 unspecified atom stereocenters. The van der Waals surface area contributed by atoms with E-state index in [4.69, 9.17) is 23.2 Å². The molecule has 1 rings (SSSR count). The van der Waals surface area contributed by atoms with Crippen molar-refractivity contribution in [1.29, 1.82) is 0 Å². The third-order valence-corrected chi connectivity index (χ3v) is 3.17. The summed E-state index contributed by atoms with van der Waals surface area (Å²) in [4.78, 5) is 11.5. The van der Waals surface area contributed by atoms with Gasteiger partial charge < -0.3 is 5.32 Å². The van der Waals surface area contributed by atoms with E-state index in [1.54, 1.807) is 6.92 Å². The third-order valence-electron chi connectivity index (χ3n) is 2.06. The Morgan fingerprint density at radius 2 is 2.11 bits per heavy atom. The maximum Gasteiger partial charge on any atom is 0.252 e. The first-order chi connectivity index (χ1) is 8.24. The molecule has 7 heteroatoms. The number of nitrogens with two attached hydrogens (primary N) is 1. The van der Waals surface area contributed by atoms with Crippen molar-refractivity contribution in [3.05, 3.63) is 28.8 Å². The molecule has 0 radical (unpaired) electrons. The highest BCUT2D eigenvalue weighted by Crippen LogP contribution is 2.18. The summed E-state index contributed by atoms with van der Waals surface area (Å²) in [5.74, 6) is 1.80. The lowest BCUT2D eigenvalue weighted by atomic mass is 10.2. The molecule has 1 amide bonds. The Hall–Kier alpha value is -1.55. The molecule has 0 saturated carbocycles. The molecule has 18 heavy (non-hydrogen) atoms. The van der Waals surface area contributed by atoms with Crippen molar-refractivity contribution in [3.63, 3.8) is 0 Å². The van der Waals surface area contributed by atoms with E-state index in [-0.39, 0.29) is 15.5 Å². The Bertz CT molecular complexity index is 620. The highest BCUT2D eigenvalue weighted by atomic mass is 35.5. The molecular weight excluding hydrogens is 276 g/mol. The zero-order chi connectivity index (χ0) is 13.9. The summed E-state index contributed by atoms with van der Waals surface area (Å²) in [6.07, 6.45) is 5.12. The smallest absolute Gasteiger partial charge is 0.252 e. The predicted octanol–water partition coefficient (Wildman–Crippen LogP) is 0.739. The minimum Gasteiger partial charge on any atom is -0.339 e. The lowest BCUT2D eigenvalue weighted by Gasteiger charge is -2.09. The molecule has 1 atom stereocenters. The van der Waals surface area contributed by atoms with Gasteiger partial charge in [0, 0.05) is 10.6 Å². The van der Waals surface area contributed by atoms with Crippen molar-refractivity contribution in [3.8, 4) is 12.3 Å². The number of nitrogens with one attached hydrogen (secondary N) is 1. The van der Waals surface area contributed by atoms with E-state index in [0.29, 0.717) is 0 Å². The number of sulfonamides is 1. The summed E-state index contributed by atoms with van der Waals surface area (Å²) in [7, 11) is -3.92. The maximum absolute atomic E-state index is 11.7. The third kappa shape index (κ3) is 3.74. The van der Waals surface area contributed by atoms with Gasteiger partial charge in [-0.1, -0.05) is 17.5 Å². The van der Waals surface area contributed by atoms with E-state index < -0.39 is 22.0 Å². The Morgan fingerprint density at radius 1 is 1.50 bits per heavy atom. The number of carbonyl (C=O) groups is 1. The average Bonchev–Trinajstić information content (AvgIpc) is 2.26. The lowest BCUT2D eigenvalue weighted by molar-refractivity contribution is 0.0948. The molecule has 96 valence electrons. The number of hydrogen-bond donors (Lipinski definition) is 2. The van der Waals surface area contributed by atoms with Gasteiger partial charge in [0.15, 0.2) is 0 Å². The van der Waals surface area contributed by atoms with Crippen LogP contribution in [0.4, 0.5) is 0 Å². The van der Waals surface area contributed by atoms with Gasteiger partial charge in [-0.3, -0.25) is 4.79 Å². The maximum atomic E-state index is 11.7. The number of halogens is 1. The largest absolute Gasteiger partial charge is 0.339 e. The molecule has 1 aromatic carbocycles. The minimum absolute atomic E-state index is 0.0774. The molecular formula is C11H11ClN2O3S. The molecule has 0 saturated heterocycles. The minimum atomic E-state index is -3.92. The molecule has 0 aliphatic carbocycles. The molecule has 1 aromatic rings. The van der Waals surface area contributed by atoms with E-state index >= 15 is 0 Å². The van der Waals surface area contributed by atoms with Crippen LogP contribution < -0.4 is 10.5 Å². The number of rotatable bonds is 3. The van der Waals surface area contributed by atoms with Crippen LogP contribution in [0, 0.1) is 12.3 Å². The van der Waals surface area contributed by atoms with Crippen LogP contribution in [-0.4, -0.2) is 20.4 Å². The standard InChI is InChI=1S/C11H11ClN2O3S/c1-3-7(2)14-11(15)8-4-9(12)6-10(5-8)18(13,16)17/h1,4-7H,2H3,(H,14,15)(H2,13,16,17). The zero-order valence-corrected chi connectivity index (χ0v) is 11.0. The van der Waals surface area contributed by atoms with Gasteiger partial charge in [-0.2, -0.15) is 0 Å². The van der Waals surface area contributed by atoms with Crippen LogP contribution in [0.2, 0.25) is 5.02 Å². The normalized spacial score (nSPS) is 12.6. The van der Waals surface area contributed by atoms with Crippen LogP contribution in [0.25, 0.3) is 0 Å². The van der Waals surface area contributed by atoms with Gasteiger partial charge in [-0.25, -0.2) is 13.6 Å². The highest BCUT2D eigenvalue weighted by Gasteiger charge is 2.15. The summed E-state index contributed by atoms with van der Waals surface area (Å²) in [6.45, 7) is 1.61. The second-order valence-electron chi connectivity index (χ2n) is 3.58. The molecule has 5 nitrogen and oxygen atoms in total. The molecule has 0 spiro atoms. The van der Waals surface area contributed by atoms with Crippen LogP contribution in [0.5, 0.6) is 0 Å². The Kier molecular flexibility index (Phi) is 4.35. The quantitative estimate of drug-likeness (QED) is 0.803. The van der Waals surface area contributed by atoms with E-state index in [2.05, 4.69) is 11.2 Å². The summed E-state index contributed by atoms with van der Waals surface area (Å²) < 4.78 is 22.4. The number of carbonyl (C=O) groups excluding carboxylic acids is 1. The van der Waals surface area contributed by atoms with Gasteiger partial charge >= 0.3 is 0 Å². The van der Waals surface area contributed by atoms with E-state index in [1.165, 1.54) is 6.07 Å². The molecule has 0 aliphatic heterocycles. The van der Waals surface area contributed by atoms with Gasteiger partial charge in [0.25, 0.3) is 5.91 Å². The topological polar surface area (TPSA) is 89.3 Å². The van der Waals surface area contributed by atoms with Gasteiger partial charge in [0.2, 0.25) is 10.0 Å². The van der Waals surface area contributed by atoms with Gasteiger partial charge in [-0.05, 0) is 25.1 Å². The number of primary sulfonamides is 1. The molecule has 0 aromatic heterocycles. The monoisotopic (exact) mass is 286 g/mol. The first kappa shape index (κ1) is 14.5. The fourth-order valence-corrected chi connectivity index (χ4v) is 2.06. The summed E-state index contributed by atoms with van der Waals surface area (Å²) in [6, 6.07) is 3.15. The van der Waals surface area contributed by atoms with E-state index in [0.717, 1.165) is 12.1 Å². The Morgan fingerprint density at radius 3 is 2.61 bits per heavy atom. The van der Waals surface area contributed by atoms with Crippen LogP contribution in [0.1, 0.15) is 17.3 Å². The van der Waals surface area contributed by atoms with Crippen LogP contribution >= 0.6 is 11.6 Å². The van der Waals surface area contributed by atoms with Crippen LogP contribution in [0.15, 0.2) is 23.1 Å². The van der Waals surface area contributed by atoms with Crippen LogP contribution in [0.3, 0.4) is 0 Å². The van der Waals surface area contributed by atoms with Gasteiger partial charge in [-0.15, -0.1) is 6.42 Å². The molecule has 0 aliphatic rings. The average molecular weight is 287 g/mol. The number of terminal acetylenes is 1. The zero-order valence-electron chi connectivity index (χ0n) is 9.48. The van der Waals surface area contributed by atoms with E-state index in [9.17, 15) is 13.2 Å². The van der Waals surface area contributed by atoms with Crippen molar-refractivity contribution in [1.82, 2.24) is 5.32 Å². The van der Waals surface area contributed by atoms with Crippen molar-refractivity contribution in [2.45, 2.75) is 17.9 Å². The number of hydrogen-bond acceptors (Lipinski definition) is 3.